The normalized spacial score (nSPS) is 16.1. The van der Waals surface area contributed by atoms with Crippen molar-refractivity contribution in [2.24, 2.45) is 5.92 Å². The fraction of sp³-hybridized carbons (Fsp3) is 0.305. The van der Waals surface area contributed by atoms with Gasteiger partial charge in [0.25, 0.3) is 0 Å². The Balaban J connectivity index is 0.940. The number of hydrogen-bond donors (Lipinski definition) is 1. The second-order valence-electron chi connectivity index (χ2n) is 18.9. The van der Waals surface area contributed by atoms with Crippen molar-refractivity contribution < 1.29 is 33.4 Å². The molecule has 1 heterocycles. The molecule has 1 aliphatic heterocycles. The molecular formula is C59H57Cl2N3O7. The number of benzene rings is 6. The summed E-state index contributed by atoms with van der Waals surface area (Å²) >= 11 is 12.6. The number of hydrogen-bond acceptors (Lipinski definition) is 7. The number of nitrogens with zero attached hydrogens (tertiary/aromatic N) is 2. The number of nitrogens with one attached hydrogen (secondary N) is 1. The maximum absolute atomic E-state index is 15.3. The molecule has 10 nitrogen and oxygen atoms in total. The summed E-state index contributed by atoms with van der Waals surface area (Å²) in [5.41, 5.74) is 10.5. The largest absolute Gasteiger partial charge is 0.449 e. The molecule has 3 amide bonds. The monoisotopic (exact) mass is 989 g/mol. The molecule has 0 saturated carbocycles. The van der Waals surface area contributed by atoms with E-state index < -0.39 is 30.2 Å². The zero-order valence-corrected chi connectivity index (χ0v) is 41.2. The van der Waals surface area contributed by atoms with E-state index in [-0.39, 0.29) is 87.9 Å². The van der Waals surface area contributed by atoms with Crippen molar-refractivity contribution in [2.45, 2.75) is 75.8 Å². The van der Waals surface area contributed by atoms with Gasteiger partial charge in [-0.3, -0.25) is 19.3 Å². The van der Waals surface area contributed by atoms with Gasteiger partial charge < -0.3 is 19.7 Å². The van der Waals surface area contributed by atoms with E-state index in [0.29, 0.717) is 29.3 Å². The lowest BCUT2D eigenvalue weighted by Crippen LogP contribution is -2.54. The van der Waals surface area contributed by atoms with E-state index in [1.165, 1.54) is 9.80 Å². The number of ether oxygens (including phenoxy) is 2. The minimum atomic E-state index is -1.07. The number of likely N-dealkylation sites (tertiary alicyclic amines) is 1. The Hall–Kier alpha value is -6.75. The summed E-state index contributed by atoms with van der Waals surface area (Å²) in [7, 11) is 0. The fourth-order valence-electron chi connectivity index (χ4n) is 10.6. The number of halogens is 2. The second-order valence-corrected chi connectivity index (χ2v) is 19.7. The SMILES string of the molecule is C[C@@H]1C[C@@H](C(=O)N(CCC(=O)CCc2ccccc2)[C@H](CCNC(=O)OCC2c3ccccc3-c3ccccc32)C(=O)CCc2ccc(Cl)c(Cl)c2)N(C(=O)OCC2c3ccccc3-c3ccccc32)C1. The number of rotatable bonds is 19. The Bertz CT molecular complexity index is 2840. The van der Waals surface area contributed by atoms with Crippen LogP contribution < -0.4 is 5.32 Å². The second kappa shape index (κ2) is 22.6. The van der Waals surface area contributed by atoms with Crippen molar-refractivity contribution in [1.29, 1.82) is 0 Å². The highest BCUT2D eigenvalue weighted by Gasteiger charge is 2.44. The molecular weight excluding hydrogens is 934 g/mol. The van der Waals surface area contributed by atoms with Gasteiger partial charge in [-0.05, 0) is 99.4 Å². The first kappa shape index (κ1) is 49.2. The molecule has 6 aromatic rings. The van der Waals surface area contributed by atoms with Gasteiger partial charge in [0.05, 0.1) is 16.1 Å². The number of fused-ring (bicyclic) bond motifs is 6. The molecule has 3 aliphatic rings. The van der Waals surface area contributed by atoms with Crippen LogP contribution >= 0.6 is 23.2 Å². The van der Waals surface area contributed by atoms with Crippen LogP contribution in [0.3, 0.4) is 0 Å². The molecule has 1 N–H and O–H groups in total. The average molecular weight is 991 g/mol. The predicted octanol–water partition coefficient (Wildman–Crippen LogP) is 11.9. The van der Waals surface area contributed by atoms with Gasteiger partial charge in [0, 0.05) is 50.7 Å². The third-order valence-electron chi connectivity index (χ3n) is 14.2. The summed E-state index contributed by atoms with van der Waals surface area (Å²) in [6.45, 7) is 2.36. The zero-order chi connectivity index (χ0) is 49.4. The van der Waals surface area contributed by atoms with Crippen molar-refractivity contribution >= 4 is 52.9 Å². The van der Waals surface area contributed by atoms with Crippen molar-refractivity contribution in [2.75, 3.05) is 32.8 Å². The summed E-state index contributed by atoms with van der Waals surface area (Å²) in [6, 6.07) is 45.3. The molecule has 0 aromatic heterocycles. The molecule has 0 spiro atoms. The van der Waals surface area contributed by atoms with Crippen LogP contribution in [-0.2, 0) is 36.7 Å². The van der Waals surface area contributed by atoms with E-state index in [0.717, 1.165) is 55.6 Å². The maximum Gasteiger partial charge on any atom is 0.410 e. The lowest BCUT2D eigenvalue weighted by atomic mass is 9.97. The summed E-state index contributed by atoms with van der Waals surface area (Å²) in [6.07, 6.45) is 0.180. The van der Waals surface area contributed by atoms with Crippen LogP contribution in [0.5, 0.6) is 0 Å². The van der Waals surface area contributed by atoms with E-state index in [9.17, 15) is 19.2 Å². The van der Waals surface area contributed by atoms with Gasteiger partial charge in [0.2, 0.25) is 5.91 Å². The minimum absolute atomic E-state index is 0.0112. The summed E-state index contributed by atoms with van der Waals surface area (Å²) < 4.78 is 12.0. The van der Waals surface area contributed by atoms with Crippen LogP contribution in [0.1, 0.15) is 84.2 Å². The van der Waals surface area contributed by atoms with Crippen molar-refractivity contribution in [3.05, 3.63) is 189 Å². The highest BCUT2D eigenvalue weighted by atomic mass is 35.5. The van der Waals surface area contributed by atoms with E-state index in [2.05, 4.69) is 41.7 Å². The molecule has 0 radical (unpaired) electrons. The van der Waals surface area contributed by atoms with Gasteiger partial charge in [0.1, 0.15) is 25.0 Å². The number of carbonyl (C=O) groups is 5. The lowest BCUT2D eigenvalue weighted by molar-refractivity contribution is -0.143. The third kappa shape index (κ3) is 11.2. The summed E-state index contributed by atoms with van der Waals surface area (Å²) in [4.78, 5) is 74.4. The summed E-state index contributed by atoms with van der Waals surface area (Å²) in [5.74, 6) is -1.18. The fourth-order valence-corrected chi connectivity index (χ4v) is 11.0. The molecule has 1 saturated heterocycles. The van der Waals surface area contributed by atoms with E-state index in [1.54, 1.807) is 18.2 Å². The lowest BCUT2D eigenvalue weighted by Gasteiger charge is -2.35. The van der Waals surface area contributed by atoms with Crippen LogP contribution in [0.25, 0.3) is 22.3 Å². The van der Waals surface area contributed by atoms with Gasteiger partial charge in [-0.25, -0.2) is 9.59 Å². The number of amides is 3. The van der Waals surface area contributed by atoms with Gasteiger partial charge in [-0.1, -0.05) is 164 Å². The van der Waals surface area contributed by atoms with Crippen LogP contribution in [0.2, 0.25) is 10.0 Å². The maximum atomic E-state index is 15.3. The van der Waals surface area contributed by atoms with Crippen molar-refractivity contribution in [1.82, 2.24) is 15.1 Å². The third-order valence-corrected chi connectivity index (χ3v) is 15.0. The molecule has 71 heavy (non-hydrogen) atoms. The Kier molecular flexibility index (Phi) is 15.6. The topological polar surface area (TPSA) is 122 Å². The smallest absolute Gasteiger partial charge is 0.410 e. The number of alkyl carbamates (subject to hydrolysis) is 1. The minimum Gasteiger partial charge on any atom is -0.449 e. The molecule has 2 aliphatic carbocycles. The molecule has 1 fully saturated rings. The van der Waals surface area contributed by atoms with Crippen molar-refractivity contribution in [3.63, 3.8) is 0 Å². The molecule has 9 rings (SSSR count). The zero-order valence-electron chi connectivity index (χ0n) is 39.7. The van der Waals surface area contributed by atoms with Crippen LogP contribution in [0, 0.1) is 5.92 Å². The number of Topliss-reactive ketones (excluding diaryl/α,β-unsaturated/α-hetero) is 2. The Morgan fingerprint density at radius 2 is 1.17 bits per heavy atom. The van der Waals surface area contributed by atoms with E-state index in [4.69, 9.17) is 32.7 Å². The van der Waals surface area contributed by atoms with Crippen LogP contribution in [-0.4, -0.2) is 84.4 Å². The highest BCUT2D eigenvalue weighted by Crippen LogP contribution is 2.46. The summed E-state index contributed by atoms with van der Waals surface area (Å²) in [5, 5.41) is 3.60. The highest BCUT2D eigenvalue weighted by molar-refractivity contribution is 6.42. The van der Waals surface area contributed by atoms with E-state index in [1.807, 2.05) is 97.9 Å². The van der Waals surface area contributed by atoms with Gasteiger partial charge in [0.15, 0.2) is 5.78 Å². The molecule has 12 heteroatoms. The quantitative estimate of drug-likeness (QED) is 0.0857. The van der Waals surface area contributed by atoms with Crippen LogP contribution in [0.4, 0.5) is 9.59 Å². The molecule has 0 bridgehead atoms. The number of aryl methyl sites for hydroxylation is 2. The molecule has 364 valence electrons. The van der Waals surface area contributed by atoms with Gasteiger partial charge in [-0.15, -0.1) is 0 Å². The van der Waals surface area contributed by atoms with E-state index >= 15 is 4.79 Å². The number of carbonyl (C=O) groups excluding carboxylic acids is 5. The van der Waals surface area contributed by atoms with Crippen LogP contribution in [0.15, 0.2) is 146 Å². The molecule has 3 atom stereocenters. The van der Waals surface area contributed by atoms with Crippen molar-refractivity contribution in [3.8, 4) is 22.3 Å². The molecule has 6 aromatic carbocycles. The Morgan fingerprint density at radius 1 is 0.634 bits per heavy atom. The predicted molar refractivity (Wildman–Crippen MR) is 277 cm³/mol. The molecule has 0 unspecified atom stereocenters. The Morgan fingerprint density at radius 3 is 1.75 bits per heavy atom. The average Bonchev–Trinajstić information content (AvgIpc) is 4.05. The first-order chi connectivity index (χ1) is 34.5. The first-order valence-electron chi connectivity index (χ1n) is 24.6. The Labute approximate surface area is 425 Å². The van der Waals surface area contributed by atoms with Gasteiger partial charge in [-0.2, -0.15) is 0 Å². The first-order valence-corrected chi connectivity index (χ1v) is 25.3. The standard InChI is InChI=1S/C59H57Cl2N3O7/c1-38-33-55(64(35-38)59(69)71-37-51-48-21-11-7-17-44(48)45-18-8-12-22-49(45)51)57(67)63(32-30-41(65)26-23-39-13-3-2-4-14-39)54(56(66)28-25-40-24-27-52(60)53(61)34-40)29-31-62-58(68)70-36-50-46-19-9-5-15-42(46)43-16-6-10-20-47(43)50/h2-22,24,27,34,38,50-51,54-55H,23,25-26,28-33,35-37H2,1H3,(H,62,68)/t38-,54-,55+/m1/s1. The van der Waals surface area contributed by atoms with Gasteiger partial charge >= 0.3 is 12.2 Å². The number of ketones is 2.